The number of rotatable bonds is 6. The average molecular weight is 270 g/mol. The van der Waals surface area contributed by atoms with Crippen LogP contribution in [0.4, 0.5) is 0 Å². The number of piperidine rings is 1. The van der Waals surface area contributed by atoms with Gasteiger partial charge in [-0.05, 0) is 31.8 Å². The van der Waals surface area contributed by atoms with E-state index in [-0.39, 0.29) is 5.60 Å². The third-order valence-corrected chi connectivity index (χ3v) is 4.42. The summed E-state index contributed by atoms with van der Waals surface area (Å²) < 4.78 is 11.1. The van der Waals surface area contributed by atoms with Gasteiger partial charge in [-0.1, -0.05) is 13.8 Å². The van der Waals surface area contributed by atoms with Gasteiger partial charge in [-0.15, -0.1) is 0 Å². The predicted molar refractivity (Wildman–Crippen MR) is 77.5 cm³/mol. The summed E-state index contributed by atoms with van der Waals surface area (Å²) in [4.78, 5) is 2.59. The zero-order valence-electron chi connectivity index (χ0n) is 12.8. The van der Waals surface area contributed by atoms with E-state index in [4.69, 9.17) is 9.47 Å². The molecule has 2 rings (SSSR count). The van der Waals surface area contributed by atoms with Crippen molar-refractivity contribution < 1.29 is 9.47 Å². The molecule has 0 aromatic rings. The molecule has 2 aliphatic heterocycles. The van der Waals surface area contributed by atoms with Crippen LogP contribution in [0.5, 0.6) is 0 Å². The molecule has 2 fully saturated rings. The zero-order valence-corrected chi connectivity index (χ0v) is 12.8. The standard InChI is InChI=1S/C15H30N2O2/c1-13(2)10-17-7-4-14(5-8-17)16-11-15(18-3)6-9-19-12-15/h13-14,16H,4-12H2,1-3H3. The van der Waals surface area contributed by atoms with Gasteiger partial charge < -0.3 is 19.7 Å². The van der Waals surface area contributed by atoms with Gasteiger partial charge >= 0.3 is 0 Å². The Hall–Kier alpha value is -0.160. The minimum atomic E-state index is -0.0743. The van der Waals surface area contributed by atoms with Crippen LogP contribution in [0.25, 0.3) is 0 Å². The smallest absolute Gasteiger partial charge is 0.106 e. The van der Waals surface area contributed by atoms with Crippen LogP contribution in [-0.4, -0.2) is 63.0 Å². The molecule has 0 aromatic heterocycles. The summed E-state index contributed by atoms with van der Waals surface area (Å²) in [5.74, 6) is 0.775. The SMILES string of the molecule is COC1(CNC2CCN(CC(C)C)CC2)CCOC1. The van der Waals surface area contributed by atoms with Crippen LogP contribution in [-0.2, 0) is 9.47 Å². The molecule has 1 N–H and O–H groups in total. The molecule has 0 saturated carbocycles. The number of likely N-dealkylation sites (tertiary alicyclic amines) is 1. The number of methoxy groups -OCH3 is 1. The van der Waals surface area contributed by atoms with Crippen molar-refractivity contribution in [2.24, 2.45) is 5.92 Å². The van der Waals surface area contributed by atoms with Gasteiger partial charge in [-0.3, -0.25) is 0 Å². The maximum atomic E-state index is 5.67. The summed E-state index contributed by atoms with van der Waals surface area (Å²) in [5.41, 5.74) is -0.0743. The minimum absolute atomic E-state index is 0.0743. The predicted octanol–water partition coefficient (Wildman–Crippen LogP) is 1.50. The van der Waals surface area contributed by atoms with Crippen LogP contribution in [0.15, 0.2) is 0 Å². The van der Waals surface area contributed by atoms with E-state index in [0.717, 1.165) is 32.1 Å². The van der Waals surface area contributed by atoms with Crippen LogP contribution in [0.3, 0.4) is 0 Å². The van der Waals surface area contributed by atoms with Gasteiger partial charge in [0.2, 0.25) is 0 Å². The molecule has 112 valence electrons. The minimum Gasteiger partial charge on any atom is -0.378 e. The first kappa shape index (κ1) is 15.2. The molecule has 0 aliphatic carbocycles. The first-order valence-corrected chi connectivity index (χ1v) is 7.72. The molecule has 19 heavy (non-hydrogen) atoms. The van der Waals surface area contributed by atoms with E-state index >= 15 is 0 Å². The Labute approximate surface area is 117 Å². The highest BCUT2D eigenvalue weighted by Gasteiger charge is 2.35. The van der Waals surface area contributed by atoms with Gasteiger partial charge in [0.05, 0.1) is 6.61 Å². The maximum absolute atomic E-state index is 5.67. The van der Waals surface area contributed by atoms with Gasteiger partial charge in [0, 0.05) is 39.3 Å². The van der Waals surface area contributed by atoms with Crippen molar-refractivity contribution in [3.63, 3.8) is 0 Å². The van der Waals surface area contributed by atoms with Crippen molar-refractivity contribution in [3.05, 3.63) is 0 Å². The van der Waals surface area contributed by atoms with Gasteiger partial charge in [0.1, 0.15) is 5.60 Å². The topological polar surface area (TPSA) is 33.7 Å². The molecule has 4 heteroatoms. The second-order valence-corrected chi connectivity index (χ2v) is 6.54. The number of hydrogen-bond donors (Lipinski definition) is 1. The molecule has 0 spiro atoms. The molecular weight excluding hydrogens is 240 g/mol. The van der Waals surface area contributed by atoms with Gasteiger partial charge in [0.25, 0.3) is 0 Å². The number of hydrogen-bond acceptors (Lipinski definition) is 4. The summed E-state index contributed by atoms with van der Waals surface area (Å²) in [7, 11) is 1.81. The third-order valence-electron chi connectivity index (χ3n) is 4.42. The van der Waals surface area contributed by atoms with Gasteiger partial charge in [0.15, 0.2) is 0 Å². The second-order valence-electron chi connectivity index (χ2n) is 6.54. The molecular formula is C15H30N2O2. The summed E-state index contributed by atoms with van der Waals surface area (Å²) in [5, 5.41) is 3.70. The molecule has 1 atom stereocenters. The monoisotopic (exact) mass is 270 g/mol. The summed E-state index contributed by atoms with van der Waals surface area (Å²) >= 11 is 0. The Morgan fingerprint density at radius 1 is 1.37 bits per heavy atom. The molecule has 0 bridgehead atoms. The van der Waals surface area contributed by atoms with Crippen molar-refractivity contribution >= 4 is 0 Å². The van der Waals surface area contributed by atoms with E-state index in [1.165, 1.54) is 32.5 Å². The Morgan fingerprint density at radius 3 is 2.63 bits per heavy atom. The van der Waals surface area contributed by atoms with E-state index in [1.807, 2.05) is 7.11 Å². The molecule has 0 amide bonds. The molecule has 0 radical (unpaired) electrons. The third kappa shape index (κ3) is 4.42. The molecule has 0 aromatic carbocycles. The fourth-order valence-corrected chi connectivity index (χ4v) is 3.13. The van der Waals surface area contributed by atoms with Gasteiger partial charge in [-0.25, -0.2) is 0 Å². The highest BCUT2D eigenvalue weighted by Crippen LogP contribution is 2.22. The average Bonchev–Trinajstić information content (AvgIpc) is 2.87. The lowest BCUT2D eigenvalue weighted by molar-refractivity contribution is -0.0188. The Morgan fingerprint density at radius 2 is 2.11 bits per heavy atom. The summed E-state index contributed by atoms with van der Waals surface area (Å²) in [6.45, 7) is 10.8. The van der Waals surface area contributed by atoms with E-state index in [0.29, 0.717) is 6.04 Å². The van der Waals surface area contributed by atoms with Crippen molar-refractivity contribution in [3.8, 4) is 0 Å². The number of nitrogens with zero attached hydrogens (tertiary/aromatic N) is 1. The van der Waals surface area contributed by atoms with Crippen molar-refractivity contribution in [2.45, 2.75) is 44.8 Å². The molecule has 2 heterocycles. The van der Waals surface area contributed by atoms with Crippen molar-refractivity contribution in [1.82, 2.24) is 10.2 Å². The Kier molecular flexibility index (Phi) is 5.63. The Balaban J connectivity index is 1.68. The van der Waals surface area contributed by atoms with Crippen LogP contribution in [0, 0.1) is 5.92 Å². The molecule has 2 saturated heterocycles. The fraction of sp³-hybridized carbons (Fsp3) is 1.00. The van der Waals surface area contributed by atoms with Crippen LogP contribution in [0.2, 0.25) is 0 Å². The second kappa shape index (κ2) is 7.02. The van der Waals surface area contributed by atoms with Gasteiger partial charge in [-0.2, -0.15) is 0 Å². The van der Waals surface area contributed by atoms with Crippen molar-refractivity contribution in [2.75, 3.05) is 46.5 Å². The van der Waals surface area contributed by atoms with Crippen molar-refractivity contribution in [1.29, 1.82) is 0 Å². The quantitative estimate of drug-likeness (QED) is 0.793. The largest absolute Gasteiger partial charge is 0.378 e. The fourth-order valence-electron chi connectivity index (χ4n) is 3.13. The maximum Gasteiger partial charge on any atom is 0.106 e. The first-order valence-electron chi connectivity index (χ1n) is 7.72. The molecule has 1 unspecified atom stereocenters. The lowest BCUT2D eigenvalue weighted by atomic mass is 9.99. The van der Waals surface area contributed by atoms with E-state index < -0.39 is 0 Å². The van der Waals surface area contributed by atoms with E-state index in [1.54, 1.807) is 0 Å². The molecule has 4 nitrogen and oxygen atoms in total. The summed E-state index contributed by atoms with van der Waals surface area (Å²) in [6.07, 6.45) is 3.53. The lowest BCUT2D eigenvalue weighted by Crippen LogP contribution is -2.50. The van der Waals surface area contributed by atoms with E-state index in [2.05, 4.69) is 24.1 Å². The zero-order chi connectivity index (χ0) is 13.7. The summed E-state index contributed by atoms with van der Waals surface area (Å²) in [6, 6.07) is 0.649. The first-order chi connectivity index (χ1) is 9.13. The Bertz CT molecular complexity index is 257. The number of ether oxygens (including phenoxy) is 2. The van der Waals surface area contributed by atoms with Crippen LogP contribution in [0.1, 0.15) is 33.1 Å². The van der Waals surface area contributed by atoms with Crippen LogP contribution < -0.4 is 5.32 Å². The normalized spacial score (nSPS) is 30.3. The van der Waals surface area contributed by atoms with E-state index in [9.17, 15) is 0 Å². The lowest BCUT2D eigenvalue weighted by Gasteiger charge is -2.35. The van der Waals surface area contributed by atoms with Crippen LogP contribution >= 0.6 is 0 Å². The number of nitrogens with one attached hydrogen (secondary N) is 1. The highest BCUT2D eigenvalue weighted by atomic mass is 16.5. The highest BCUT2D eigenvalue weighted by molar-refractivity contribution is 4.89. The molecule has 2 aliphatic rings.